The first kappa shape index (κ1) is 13.9. The van der Waals surface area contributed by atoms with Crippen LogP contribution < -0.4 is 10.6 Å². The van der Waals surface area contributed by atoms with Gasteiger partial charge in [-0.25, -0.2) is 4.79 Å². The van der Waals surface area contributed by atoms with Crippen molar-refractivity contribution in [2.75, 3.05) is 17.2 Å². The van der Waals surface area contributed by atoms with Crippen LogP contribution >= 0.6 is 0 Å². The SMILES string of the molecule is CCN(Cc1ccccn1)c1cc(C(=O)O)ccc1N. The molecule has 0 saturated heterocycles. The van der Waals surface area contributed by atoms with Gasteiger partial charge in [0.1, 0.15) is 0 Å². The van der Waals surface area contributed by atoms with E-state index in [2.05, 4.69) is 4.98 Å². The van der Waals surface area contributed by atoms with Crippen LogP contribution in [0.2, 0.25) is 0 Å². The largest absolute Gasteiger partial charge is 0.478 e. The summed E-state index contributed by atoms with van der Waals surface area (Å²) in [6, 6.07) is 10.5. The molecule has 0 bridgehead atoms. The zero-order chi connectivity index (χ0) is 14.5. The van der Waals surface area contributed by atoms with Gasteiger partial charge in [0, 0.05) is 12.7 Å². The number of carboxylic acid groups (broad SMARTS) is 1. The highest BCUT2D eigenvalue weighted by Gasteiger charge is 2.12. The van der Waals surface area contributed by atoms with Crippen LogP contribution in [0.1, 0.15) is 23.0 Å². The van der Waals surface area contributed by atoms with Gasteiger partial charge in [0.25, 0.3) is 0 Å². The molecule has 0 amide bonds. The number of pyridine rings is 1. The first-order valence-corrected chi connectivity index (χ1v) is 6.39. The average molecular weight is 271 g/mol. The molecule has 0 saturated carbocycles. The van der Waals surface area contributed by atoms with Crippen LogP contribution in [-0.2, 0) is 6.54 Å². The van der Waals surface area contributed by atoms with Crippen molar-refractivity contribution in [1.29, 1.82) is 0 Å². The van der Waals surface area contributed by atoms with Crippen molar-refractivity contribution in [3.8, 4) is 0 Å². The lowest BCUT2D eigenvalue weighted by Gasteiger charge is -2.24. The maximum Gasteiger partial charge on any atom is 0.335 e. The number of carbonyl (C=O) groups is 1. The van der Waals surface area contributed by atoms with Crippen LogP contribution in [0.15, 0.2) is 42.6 Å². The molecule has 5 nitrogen and oxygen atoms in total. The predicted molar refractivity (Wildman–Crippen MR) is 78.8 cm³/mol. The van der Waals surface area contributed by atoms with Crippen molar-refractivity contribution in [3.63, 3.8) is 0 Å². The van der Waals surface area contributed by atoms with E-state index in [1.54, 1.807) is 18.3 Å². The van der Waals surface area contributed by atoms with Crippen LogP contribution in [-0.4, -0.2) is 22.6 Å². The summed E-state index contributed by atoms with van der Waals surface area (Å²) in [7, 11) is 0. The van der Waals surface area contributed by atoms with E-state index in [1.807, 2.05) is 30.0 Å². The molecule has 0 radical (unpaired) electrons. The fourth-order valence-corrected chi connectivity index (χ4v) is 2.01. The molecule has 20 heavy (non-hydrogen) atoms. The first-order chi connectivity index (χ1) is 9.61. The van der Waals surface area contributed by atoms with Crippen molar-refractivity contribution in [1.82, 2.24) is 4.98 Å². The lowest BCUT2D eigenvalue weighted by Crippen LogP contribution is -2.24. The van der Waals surface area contributed by atoms with Crippen molar-refractivity contribution in [3.05, 3.63) is 53.9 Å². The molecule has 2 rings (SSSR count). The van der Waals surface area contributed by atoms with E-state index >= 15 is 0 Å². The molecule has 1 aromatic carbocycles. The van der Waals surface area contributed by atoms with Gasteiger partial charge in [-0.2, -0.15) is 0 Å². The summed E-state index contributed by atoms with van der Waals surface area (Å²) in [6.07, 6.45) is 1.74. The summed E-state index contributed by atoms with van der Waals surface area (Å²) in [6.45, 7) is 3.30. The van der Waals surface area contributed by atoms with Crippen LogP contribution in [0.5, 0.6) is 0 Å². The Hall–Kier alpha value is -2.56. The van der Waals surface area contributed by atoms with Gasteiger partial charge in [-0.1, -0.05) is 6.07 Å². The molecule has 0 unspecified atom stereocenters. The maximum atomic E-state index is 11.1. The highest BCUT2D eigenvalue weighted by Crippen LogP contribution is 2.25. The number of anilines is 2. The molecule has 3 N–H and O–H groups in total. The third-order valence-corrected chi connectivity index (χ3v) is 3.08. The molecule has 0 atom stereocenters. The van der Waals surface area contributed by atoms with Gasteiger partial charge in [-0.3, -0.25) is 4.98 Å². The minimum atomic E-state index is -0.958. The lowest BCUT2D eigenvalue weighted by molar-refractivity contribution is 0.0697. The highest BCUT2D eigenvalue weighted by molar-refractivity contribution is 5.90. The van der Waals surface area contributed by atoms with Crippen LogP contribution in [0.4, 0.5) is 11.4 Å². The number of aromatic carboxylic acids is 1. The molecule has 0 aliphatic carbocycles. The summed E-state index contributed by atoms with van der Waals surface area (Å²) in [5.41, 5.74) is 8.39. The quantitative estimate of drug-likeness (QED) is 0.816. The van der Waals surface area contributed by atoms with Gasteiger partial charge >= 0.3 is 5.97 Å². The Morgan fingerprint density at radius 2 is 2.15 bits per heavy atom. The second kappa shape index (κ2) is 6.06. The van der Waals surface area contributed by atoms with Crippen molar-refractivity contribution in [2.24, 2.45) is 0 Å². The van der Waals surface area contributed by atoms with Gasteiger partial charge in [0.2, 0.25) is 0 Å². The fraction of sp³-hybridized carbons (Fsp3) is 0.200. The van der Waals surface area contributed by atoms with Crippen LogP contribution in [0.25, 0.3) is 0 Å². The number of aromatic nitrogens is 1. The van der Waals surface area contributed by atoms with Crippen molar-refractivity contribution < 1.29 is 9.90 Å². The topological polar surface area (TPSA) is 79.5 Å². The van der Waals surface area contributed by atoms with E-state index in [-0.39, 0.29) is 5.56 Å². The highest BCUT2D eigenvalue weighted by atomic mass is 16.4. The molecule has 104 valence electrons. The Balaban J connectivity index is 2.31. The monoisotopic (exact) mass is 271 g/mol. The maximum absolute atomic E-state index is 11.1. The zero-order valence-electron chi connectivity index (χ0n) is 11.3. The van der Waals surface area contributed by atoms with Crippen LogP contribution in [0.3, 0.4) is 0 Å². The third kappa shape index (κ3) is 3.06. The molecular weight excluding hydrogens is 254 g/mol. The molecule has 2 aromatic rings. The van der Waals surface area contributed by atoms with Gasteiger partial charge in [0.15, 0.2) is 0 Å². The average Bonchev–Trinajstić information content (AvgIpc) is 2.46. The standard InChI is InChI=1S/C15H17N3O2/c1-2-18(10-12-5-3-4-8-17-12)14-9-11(15(19)20)6-7-13(14)16/h3-9H,2,10,16H2,1H3,(H,19,20). The summed E-state index contributed by atoms with van der Waals surface area (Å²) in [5, 5.41) is 9.07. The second-order valence-corrected chi connectivity index (χ2v) is 4.41. The number of nitrogens with two attached hydrogens (primary N) is 1. The molecule has 1 heterocycles. The minimum absolute atomic E-state index is 0.230. The van der Waals surface area contributed by atoms with Gasteiger partial charge in [-0.05, 0) is 37.3 Å². The van der Waals surface area contributed by atoms with Gasteiger partial charge in [0.05, 0.1) is 29.2 Å². The Kier molecular flexibility index (Phi) is 4.20. The molecule has 0 fully saturated rings. The van der Waals surface area contributed by atoms with Gasteiger partial charge in [-0.15, -0.1) is 0 Å². The number of hydrogen-bond donors (Lipinski definition) is 2. The Morgan fingerprint density at radius 1 is 1.35 bits per heavy atom. The second-order valence-electron chi connectivity index (χ2n) is 4.41. The van der Waals surface area contributed by atoms with E-state index in [0.29, 0.717) is 18.8 Å². The minimum Gasteiger partial charge on any atom is -0.478 e. The van der Waals surface area contributed by atoms with E-state index in [0.717, 1.165) is 11.4 Å². The smallest absolute Gasteiger partial charge is 0.335 e. The lowest BCUT2D eigenvalue weighted by atomic mass is 10.1. The third-order valence-electron chi connectivity index (χ3n) is 3.08. The number of nitrogens with zero attached hydrogens (tertiary/aromatic N) is 2. The van der Waals surface area contributed by atoms with E-state index in [1.165, 1.54) is 6.07 Å². The predicted octanol–water partition coefficient (Wildman–Crippen LogP) is 2.39. The molecule has 5 heteroatoms. The van der Waals surface area contributed by atoms with E-state index < -0.39 is 5.97 Å². The Labute approximate surface area is 117 Å². The first-order valence-electron chi connectivity index (χ1n) is 6.39. The zero-order valence-corrected chi connectivity index (χ0v) is 11.3. The van der Waals surface area contributed by atoms with Crippen LogP contribution in [0, 0.1) is 0 Å². The summed E-state index contributed by atoms with van der Waals surface area (Å²) in [4.78, 5) is 17.3. The Bertz CT molecular complexity index is 599. The molecule has 0 aliphatic heterocycles. The number of rotatable bonds is 5. The summed E-state index contributed by atoms with van der Waals surface area (Å²) < 4.78 is 0. The normalized spacial score (nSPS) is 10.2. The van der Waals surface area contributed by atoms with Crippen molar-refractivity contribution in [2.45, 2.75) is 13.5 Å². The number of hydrogen-bond acceptors (Lipinski definition) is 4. The molecular formula is C15H17N3O2. The van der Waals surface area contributed by atoms with Gasteiger partial charge < -0.3 is 15.7 Å². The number of carboxylic acids is 1. The number of nitrogen functional groups attached to an aromatic ring is 1. The molecule has 0 spiro atoms. The van der Waals surface area contributed by atoms with E-state index in [4.69, 9.17) is 10.8 Å². The summed E-state index contributed by atoms with van der Waals surface area (Å²) in [5.74, 6) is -0.958. The summed E-state index contributed by atoms with van der Waals surface area (Å²) >= 11 is 0. The van der Waals surface area contributed by atoms with Crippen molar-refractivity contribution >= 4 is 17.3 Å². The number of benzene rings is 1. The molecule has 1 aromatic heterocycles. The molecule has 0 aliphatic rings. The van der Waals surface area contributed by atoms with E-state index in [9.17, 15) is 4.79 Å². The fourth-order valence-electron chi connectivity index (χ4n) is 2.01. The Morgan fingerprint density at radius 3 is 2.75 bits per heavy atom.